The summed E-state index contributed by atoms with van der Waals surface area (Å²) >= 11 is 0. The number of nitrogens with one attached hydrogen (secondary N) is 1. The van der Waals surface area contributed by atoms with Crippen LogP contribution in [0.1, 0.15) is 26.3 Å². The molecule has 4 aromatic rings. The number of hydrazone groups is 1. The van der Waals surface area contributed by atoms with E-state index in [1.807, 2.05) is 12.1 Å². The van der Waals surface area contributed by atoms with Crippen molar-refractivity contribution in [3.63, 3.8) is 0 Å². The first-order chi connectivity index (χ1) is 20.0. The van der Waals surface area contributed by atoms with Crippen molar-refractivity contribution in [2.24, 2.45) is 15.3 Å². The molecule has 6 N–H and O–H groups in total. The molecule has 0 saturated heterocycles. The average Bonchev–Trinajstić information content (AvgIpc) is 2.96. The molecule has 5 rings (SSSR count). The van der Waals surface area contributed by atoms with E-state index in [-0.39, 0.29) is 28.1 Å². The highest BCUT2D eigenvalue weighted by atomic mass is 32.2. The fraction of sp³-hybridized carbons (Fsp3) is 0. The average molecular weight is 584 g/mol. The number of aromatic carboxylic acids is 1. The van der Waals surface area contributed by atoms with Crippen LogP contribution in [0, 0.1) is 0 Å². The summed E-state index contributed by atoms with van der Waals surface area (Å²) in [7, 11) is -4.76. The summed E-state index contributed by atoms with van der Waals surface area (Å²) < 4.78 is 33.7. The summed E-state index contributed by atoms with van der Waals surface area (Å²) in [6.07, 6.45) is 1.15. The van der Waals surface area contributed by atoms with Crippen molar-refractivity contribution in [1.82, 2.24) is 0 Å². The minimum Gasteiger partial charge on any atom is -0.507 e. The number of nitrogens with two attached hydrogens (primary N) is 1. The molecule has 12 nitrogen and oxygen atoms in total. The van der Waals surface area contributed by atoms with Crippen molar-refractivity contribution in [2.45, 2.75) is 0 Å². The third-order valence-electron chi connectivity index (χ3n) is 6.21. The summed E-state index contributed by atoms with van der Waals surface area (Å²) in [5.74, 6) is -2.32. The van der Waals surface area contributed by atoms with Crippen LogP contribution in [0.15, 0.2) is 105 Å². The molecule has 0 radical (unpaired) electrons. The van der Waals surface area contributed by atoms with Crippen molar-refractivity contribution in [2.75, 3.05) is 11.2 Å². The van der Waals surface area contributed by atoms with Gasteiger partial charge in [0, 0.05) is 11.3 Å². The van der Waals surface area contributed by atoms with E-state index in [1.54, 1.807) is 36.4 Å². The van der Waals surface area contributed by atoms with Crippen LogP contribution in [0.4, 0.5) is 22.7 Å². The lowest BCUT2D eigenvalue weighted by atomic mass is 9.94. The number of azo groups is 1. The number of fused-ring (bicyclic) bond motifs is 1. The second-order valence-corrected chi connectivity index (χ2v) is 10.5. The second kappa shape index (κ2) is 11.1. The molecule has 0 spiro atoms. The summed E-state index contributed by atoms with van der Waals surface area (Å²) in [6.45, 7) is 0. The van der Waals surface area contributed by atoms with Gasteiger partial charge < -0.3 is 15.9 Å². The van der Waals surface area contributed by atoms with Crippen LogP contribution >= 0.6 is 0 Å². The highest BCUT2D eigenvalue weighted by Crippen LogP contribution is 2.29. The van der Waals surface area contributed by atoms with Gasteiger partial charge in [0.25, 0.3) is 10.1 Å². The molecule has 42 heavy (non-hydrogen) atoms. The van der Waals surface area contributed by atoms with E-state index < -0.39 is 32.5 Å². The Morgan fingerprint density at radius 3 is 2.10 bits per heavy atom. The molecule has 0 heterocycles. The van der Waals surface area contributed by atoms with Crippen LogP contribution in [0.25, 0.3) is 17.2 Å². The Morgan fingerprint density at radius 2 is 1.45 bits per heavy atom. The minimum absolute atomic E-state index is 0.198. The van der Waals surface area contributed by atoms with Crippen LogP contribution in [-0.4, -0.2) is 40.6 Å². The zero-order valence-corrected chi connectivity index (χ0v) is 22.3. The van der Waals surface area contributed by atoms with Gasteiger partial charge in [-0.15, -0.1) is 0 Å². The van der Waals surface area contributed by atoms with Crippen molar-refractivity contribution in [3.8, 4) is 16.9 Å². The number of nitrogen functional groups attached to an aromatic ring is 1. The molecular weight excluding hydrogens is 562 g/mol. The number of hydrogen-bond acceptors (Lipinski definition) is 10. The number of phenols is 1. The van der Waals surface area contributed by atoms with Crippen LogP contribution in [-0.2, 0) is 10.1 Å². The fourth-order valence-corrected chi connectivity index (χ4v) is 4.77. The van der Waals surface area contributed by atoms with E-state index in [9.17, 15) is 27.7 Å². The van der Waals surface area contributed by atoms with Gasteiger partial charge in [0.15, 0.2) is 5.71 Å². The molecule has 0 amide bonds. The van der Waals surface area contributed by atoms with Crippen LogP contribution < -0.4 is 11.2 Å². The lowest BCUT2D eigenvalue weighted by molar-refractivity contribution is 0.0693. The van der Waals surface area contributed by atoms with Crippen LogP contribution in [0.5, 0.6) is 5.75 Å². The largest absolute Gasteiger partial charge is 0.507 e. The van der Waals surface area contributed by atoms with E-state index >= 15 is 0 Å². The molecule has 0 aliphatic heterocycles. The first-order valence-electron chi connectivity index (χ1n) is 12.2. The minimum atomic E-state index is -4.76. The molecule has 0 atom stereocenters. The Labute approximate surface area is 238 Å². The smallest absolute Gasteiger partial charge is 0.339 e. The maximum absolute atomic E-state index is 13.0. The maximum atomic E-state index is 13.0. The van der Waals surface area contributed by atoms with Gasteiger partial charge in [0.1, 0.15) is 16.2 Å². The topological polar surface area (TPSA) is 204 Å². The number of carbonyl (C=O) groups is 2. The third kappa shape index (κ3) is 5.91. The zero-order valence-electron chi connectivity index (χ0n) is 21.5. The highest BCUT2D eigenvalue weighted by molar-refractivity contribution is 7.91. The number of anilines is 2. The number of hydrogen-bond donors (Lipinski definition) is 5. The Bertz CT molecular complexity index is 1930. The number of nitrogens with zero attached hydrogens (tertiary/aromatic N) is 3. The number of aromatic hydroxyl groups is 1. The number of rotatable bonds is 7. The molecular formula is C29H21N5O7S. The van der Waals surface area contributed by atoms with Crippen molar-refractivity contribution in [3.05, 3.63) is 107 Å². The molecule has 0 aromatic heterocycles. The quantitative estimate of drug-likeness (QED) is 0.0788. The molecule has 4 aromatic carbocycles. The molecule has 0 fully saturated rings. The van der Waals surface area contributed by atoms with Crippen molar-refractivity contribution in [1.29, 1.82) is 0 Å². The Hall–Kier alpha value is -5.66. The second-order valence-electron chi connectivity index (χ2n) is 9.06. The molecule has 0 unspecified atom stereocenters. The normalized spacial score (nSPS) is 14.1. The summed E-state index contributed by atoms with van der Waals surface area (Å²) in [4.78, 5) is 23.5. The first-order valence-corrected chi connectivity index (χ1v) is 13.6. The molecule has 210 valence electrons. The SMILES string of the molecule is Nc1ccc2c(c1)C=C(S(=O)(=O)O)C(=NNc1ccc(-c3ccc(N=Nc4ccc(O)c(C(=O)O)c4)cc3)cc1)C2=O. The Morgan fingerprint density at radius 1 is 0.833 bits per heavy atom. The Kier molecular flexibility index (Phi) is 7.35. The van der Waals surface area contributed by atoms with Gasteiger partial charge in [0.2, 0.25) is 5.78 Å². The number of carbonyl (C=O) groups excluding carboxylic acids is 1. The molecule has 1 aliphatic rings. The third-order valence-corrected chi connectivity index (χ3v) is 7.07. The van der Waals surface area contributed by atoms with Gasteiger partial charge >= 0.3 is 5.97 Å². The summed E-state index contributed by atoms with van der Waals surface area (Å²) in [5.41, 5.74) is 11.4. The number of allylic oxidation sites excluding steroid dienone is 1. The number of ketones is 1. The molecule has 0 bridgehead atoms. The van der Waals surface area contributed by atoms with E-state index in [4.69, 9.17) is 10.8 Å². The van der Waals surface area contributed by atoms with Crippen LogP contribution in [0.2, 0.25) is 0 Å². The number of carboxylic acid groups (broad SMARTS) is 1. The van der Waals surface area contributed by atoms with E-state index in [1.165, 1.54) is 36.4 Å². The zero-order chi connectivity index (χ0) is 30.0. The predicted molar refractivity (Wildman–Crippen MR) is 157 cm³/mol. The monoisotopic (exact) mass is 583 g/mol. The highest BCUT2D eigenvalue weighted by Gasteiger charge is 2.32. The summed E-state index contributed by atoms with van der Waals surface area (Å²) in [5, 5.41) is 30.8. The van der Waals surface area contributed by atoms with Crippen molar-refractivity contribution < 1.29 is 32.8 Å². The Balaban J connectivity index is 1.31. The van der Waals surface area contributed by atoms with Gasteiger partial charge in [-0.1, -0.05) is 24.3 Å². The maximum Gasteiger partial charge on any atom is 0.339 e. The first kappa shape index (κ1) is 27.9. The fourth-order valence-electron chi connectivity index (χ4n) is 4.11. The van der Waals surface area contributed by atoms with Crippen LogP contribution in [0.3, 0.4) is 0 Å². The molecule has 1 aliphatic carbocycles. The number of Topliss-reactive ketones (excluding diaryl/α,β-unsaturated/α-hetero) is 1. The van der Waals surface area contributed by atoms with E-state index in [0.29, 0.717) is 17.1 Å². The standard InChI is InChI=1S/C29H21N5O7S/c30-19-5-11-23-18(13-19)14-26(42(39,40)41)27(28(23)36)34-32-21-8-3-17(4-9-21)16-1-6-20(7-2-16)31-33-22-10-12-25(35)24(15-22)29(37)38/h1-15,32,35H,30H2,(H,37,38)(H,39,40,41). The van der Waals surface area contributed by atoms with Gasteiger partial charge in [-0.05, 0) is 83.4 Å². The molecule has 0 saturated carbocycles. The van der Waals surface area contributed by atoms with Gasteiger partial charge in [0.05, 0.1) is 17.1 Å². The van der Waals surface area contributed by atoms with E-state index in [0.717, 1.165) is 17.2 Å². The van der Waals surface area contributed by atoms with Crippen molar-refractivity contribution >= 4 is 56.4 Å². The lowest BCUT2D eigenvalue weighted by Gasteiger charge is -2.16. The number of benzene rings is 4. The lowest BCUT2D eigenvalue weighted by Crippen LogP contribution is -2.27. The van der Waals surface area contributed by atoms with Gasteiger partial charge in [-0.3, -0.25) is 14.8 Å². The van der Waals surface area contributed by atoms with E-state index in [2.05, 4.69) is 20.8 Å². The summed E-state index contributed by atoms with van der Waals surface area (Å²) in [6, 6.07) is 22.3. The molecule has 13 heteroatoms. The van der Waals surface area contributed by atoms with Gasteiger partial charge in [-0.2, -0.15) is 23.7 Å². The number of carboxylic acids is 1. The van der Waals surface area contributed by atoms with Gasteiger partial charge in [-0.25, -0.2) is 4.79 Å². The predicted octanol–water partition coefficient (Wildman–Crippen LogP) is 5.65.